The largest absolute Gasteiger partial charge is 0.480 e. The van der Waals surface area contributed by atoms with Gasteiger partial charge in [-0.05, 0) is 6.42 Å². The number of hydrogen-bond acceptors (Lipinski definition) is 6. The minimum atomic E-state index is -1.26. The number of aliphatic carboxylic acids is 1. The lowest BCUT2D eigenvalue weighted by atomic mass is 10.2. The number of nitrogens with two attached hydrogens (primary N) is 1. The van der Waals surface area contributed by atoms with Gasteiger partial charge in [-0.25, -0.2) is 4.79 Å². The Morgan fingerprint density at radius 3 is 2.27 bits per heavy atom. The van der Waals surface area contributed by atoms with E-state index in [1.807, 2.05) is 0 Å². The molecule has 15 heavy (non-hydrogen) atoms. The number of Topliss-reactive ketones (excluding diaryl/α,β-unsaturated/α-hetero) is 1. The van der Waals surface area contributed by atoms with Crippen molar-refractivity contribution in [1.82, 2.24) is 0 Å². The summed E-state index contributed by atoms with van der Waals surface area (Å²) >= 11 is 0. The van der Waals surface area contributed by atoms with Crippen molar-refractivity contribution in [1.29, 1.82) is 0 Å². The van der Waals surface area contributed by atoms with E-state index in [2.05, 4.69) is 4.74 Å². The Balaban J connectivity index is 3.91. The number of rotatable bonds is 5. The van der Waals surface area contributed by atoms with E-state index in [-0.39, 0.29) is 12.8 Å². The Labute approximate surface area is 85.2 Å². The molecule has 0 rings (SSSR count). The van der Waals surface area contributed by atoms with Crippen LogP contribution in [-0.4, -0.2) is 34.8 Å². The molecule has 0 spiro atoms. The van der Waals surface area contributed by atoms with Gasteiger partial charge < -0.3 is 15.6 Å². The number of carbonyl (C=O) groups excluding carboxylic acids is 3. The van der Waals surface area contributed by atoms with E-state index >= 15 is 0 Å². The molecular formula is C8H11NO6. The number of ether oxygens (including phenoxy) is 1. The number of carboxylic acids is 1. The molecule has 0 saturated carbocycles. The van der Waals surface area contributed by atoms with Crippen molar-refractivity contribution in [3.63, 3.8) is 0 Å². The Hall–Kier alpha value is -1.76. The highest BCUT2D eigenvalue weighted by Crippen LogP contribution is 1.98. The highest BCUT2D eigenvalue weighted by atomic mass is 16.6. The molecule has 0 aliphatic carbocycles. The highest BCUT2D eigenvalue weighted by Gasteiger charge is 2.18. The lowest BCUT2D eigenvalue weighted by Crippen LogP contribution is -2.31. The summed E-state index contributed by atoms with van der Waals surface area (Å²) in [4.78, 5) is 42.1. The lowest BCUT2D eigenvalue weighted by molar-refractivity contribution is -0.163. The smallest absolute Gasteiger partial charge is 0.381 e. The molecule has 0 unspecified atom stereocenters. The molecule has 0 bridgehead atoms. The van der Waals surface area contributed by atoms with Gasteiger partial charge in [-0.1, -0.05) is 0 Å². The van der Waals surface area contributed by atoms with Crippen molar-refractivity contribution >= 4 is 23.7 Å². The van der Waals surface area contributed by atoms with Crippen molar-refractivity contribution in [2.45, 2.75) is 25.8 Å². The lowest BCUT2D eigenvalue weighted by Gasteiger charge is -2.04. The van der Waals surface area contributed by atoms with Crippen LogP contribution in [0.2, 0.25) is 0 Å². The summed E-state index contributed by atoms with van der Waals surface area (Å²) in [6, 6.07) is -1.19. The van der Waals surface area contributed by atoms with Gasteiger partial charge in [0.2, 0.25) is 5.78 Å². The summed E-state index contributed by atoms with van der Waals surface area (Å²) in [6.07, 6.45) is -0.480. The fraction of sp³-hybridized carbons (Fsp3) is 0.500. The van der Waals surface area contributed by atoms with E-state index in [4.69, 9.17) is 10.8 Å². The molecule has 0 saturated heterocycles. The van der Waals surface area contributed by atoms with E-state index in [0.29, 0.717) is 0 Å². The second-order valence-corrected chi connectivity index (χ2v) is 2.80. The number of carbonyl (C=O) groups is 4. The second kappa shape index (κ2) is 5.86. The highest BCUT2D eigenvalue weighted by molar-refractivity contribution is 6.34. The number of ketones is 1. The molecule has 0 aromatic rings. The first kappa shape index (κ1) is 13.2. The summed E-state index contributed by atoms with van der Waals surface area (Å²) in [5.74, 6) is -4.37. The first-order chi connectivity index (χ1) is 6.84. The maximum absolute atomic E-state index is 10.8. The zero-order valence-corrected chi connectivity index (χ0v) is 8.06. The molecule has 0 aromatic carbocycles. The molecule has 0 radical (unpaired) electrons. The van der Waals surface area contributed by atoms with Crippen LogP contribution in [0.1, 0.15) is 19.8 Å². The third-order valence-electron chi connectivity index (χ3n) is 1.47. The van der Waals surface area contributed by atoms with Crippen LogP contribution in [0.15, 0.2) is 0 Å². The molecule has 0 amide bonds. The zero-order chi connectivity index (χ0) is 12.0. The van der Waals surface area contributed by atoms with Gasteiger partial charge in [-0.3, -0.25) is 14.4 Å². The fourth-order valence-corrected chi connectivity index (χ4v) is 0.623. The fourth-order valence-electron chi connectivity index (χ4n) is 0.623. The average Bonchev–Trinajstić information content (AvgIpc) is 2.13. The Morgan fingerprint density at radius 1 is 1.33 bits per heavy atom. The summed E-state index contributed by atoms with van der Waals surface area (Å²) in [6.45, 7) is 0.957. The molecule has 3 N–H and O–H groups in total. The van der Waals surface area contributed by atoms with Crippen LogP contribution in [0.5, 0.6) is 0 Å². The minimum absolute atomic E-state index is 0.153. The van der Waals surface area contributed by atoms with Crippen molar-refractivity contribution in [2.75, 3.05) is 0 Å². The normalized spacial score (nSPS) is 11.6. The molecule has 7 heteroatoms. The van der Waals surface area contributed by atoms with E-state index in [0.717, 1.165) is 6.92 Å². The Morgan fingerprint density at radius 2 is 1.87 bits per heavy atom. The second-order valence-electron chi connectivity index (χ2n) is 2.80. The summed E-state index contributed by atoms with van der Waals surface area (Å²) in [7, 11) is 0. The van der Waals surface area contributed by atoms with Crippen LogP contribution >= 0.6 is 0 Å². The molecular weight excluding hydrogens is 206 g/mol. The predicted octanol–water partition coefficient (Wildman–Crippen LogP) is -1.16. The van der Waals surface area contributed by atoms with Crippen LogP contribution in [0, 0.1) is 0 Å². The zero-order valence-electron chi connectivity index (χ0n) is 8.06. The molecule has 0 aromatic heterocycles. The van der Waals surface area contributed by atoms with Crippen LogP contribution in [0.4, 0.5) is 0 Å². The van der Waals surface area contributed by atoms with Crippen molar-refractivity contribution in [2.24, 2.45) is 5.73 Å². The van der Waals surface area contributed by atoms with Gasteiger partial charge in [-0.15, -0.1) is 0 Å². The van der Waals surface area contributed by atoms with Gasteiger partial charge in [0.1, 0.15) is 6.04 Å². The standard InChI is InChI=1S/C8H11NO6/c1-4(10)8(14)15-6(11)3-2-5(9)7(12)13/h5H,2-3,9H2,1H3,(H,12,13)/t5-/m0/s1. The molecule has 1 atom stereocenters. The van der Waals surface area contributed by atoms with Gasteiger partial charge in [0, 0.05) is 13.3 Å². The Kier molecular flexibility index (Phi) is 5.18. The summed E-state index contributed by atoms with van der Waals surface area (Å²) < 4.78 is 4.07. The van der Waals surface area contributed by atoms with Crippen molar-refractivity contribution < 1.29 is 29.0 Å². The first-order valence-corrected chi connectivity index (χ1v) is 4.08. The molecule has 0 aliphatic rings. The SMILES string of the molecule is CC(=O)C(=O)OC(=O)CC[C@H](N)C(=O)O. The molecule has 7 nitrogen and oxygen atoms in total. The topological polar surface area (TPSA) is 124 Å². The predicted molar refractivity (Wildman–Crippen MR) is 46.6 cm³/mol. The van der Waals surface area contributed by atoms with E-state index in [9.17, 15) is 19.2 Å². The Bertz CT molecular complexity index is 298. The van der Waals surface area contributed by atoms with Gasteiger partial charge in [0.15, 0.2) is 0 Å². The number of carboxylic acid groups (broad SMARTS) is 1. The number of hydrogen-bond donors (Lipinski definition) is 2. The van der Waals surface area contributed by atoms with E-state index in [1.165, 1.54) is 0 Å². The maximum Gasteiger partial charge on any atom is 0.381 e. The summed E-state index contributed by atoms with van der Waals surface area (Å²) in [5.41, 5.74) is 5.10. The molecule has 84 valence electrons. The quantitative estimate of drug-likeness (QED) is 0.338. The maximum atomic E-state index is 10.8. The average molecular weight is 217 g/mol. The molecule has 0 aliphatic heterocycles. The molecule has 0 fully saturated rings. The first-order valence-electron chi connectivity index (χ1n) is 4.08. The third-order valence-corrected chi connectivity index (χ3v) is 1.47. The van der Waals surface area contributed by atoms with Crippen LogP contribution in [0.3, 0.4) is 0 Å². The monoisotopic (exact) mass is 217 g/mol. The van der Waals surface area contributed by atoms with Crippen LogP contribution in [-0.2, 0) is 23.9 Å². The van der Waals surface area contributed by atoms with Gasteiger partial charge >= 0.3 is 17.9 Å². The van der Waals surface area contributed by atoms with Crippen LogP contribution < -0.4 is 5.73 Å². The van der Waals surface area contributed by atoms with Gasteiger partial charge in [-0.2, -0.15) is 0 Å². The van der Waals surface area contributed by atoms with Crippen LogP contribution in [0.25, 0.3) is 0 Å². The third kappa shape index (κ3) is 5.53. The van der Waals surface area contributed by atoms with Gasteiger partial charge in [0.05, 0.1) is 0 Å². The number of esters is 2. The van der Waals surface area contributed by atoms with Crippen molar-refractivity contribution in [3.8, 4) is 0 Å². The van der Waals surface area contributed by atoms with Crippen molar-refractivity contribution in [3.05, 3.63) is 0 Å². The molecule has 0 heterocycles. The van der Waals surface area contributed by atoms with E-state index in [1.54, 1.807) is 0 Å². The van der Waals surface area contributed by atoms with E-state index < -0.39 is 29.7 Å². The minimum Gasteiger partial charge on any atom is -0.480 e. The summed E-state index contributed by atoms with van der Waals surface area (Å²) in [5, 5.41) is 8.37. The van der Waals surface area contributed by atoms with Gasteiger partial charge in [0.25, 0.3) is 0 Å².